The molecule has 0 unspecified atom stereocenters. The standard InChI is InChI=1S/C21H22ClN5O4S/c22-18-4-2-1-3-17(18)19(25-21(24)29)13-20(28)26-9-11-27(12-10-26)32(30,31)16-7-5-15(14-23)6-8-16/h1-8,19H,9-13H2,(H3,24,25,29)/t19-/m0/s1. The predicted molar refractivity (Wildman–Crippen MR) is 118 cm³/mol. The van der Waals surface area contributed by atoms with Crippen LogP contribution in [0.3, 0.4) is 0 Å². The van der Waals surface area contributed by atoms with Gasteiger partial charge in [0.05, 0.1) is 29.0 Å². The maximum atomic E-state index is 12.9. The number of urea groups is 1. The maximum absolute atomic E-state index is 12.9. The lowest BCUT2D eigenvalue weighted by Gasteiger charge is -2.34. The number of nitrogens with zero attached hydrogens (tertiary/aromatic N) is 3. The van der Waals surface area contributed by atoms with Crippen LogP contribution >= 0.6 is 11.6 Å². The largest absolute Gasteiger partial charge is 0.352 e. The first-order valence-corrected chi connectivity index (χ1v) is 11.6. The van der Waals surface area contributed by atoms with Gasteiger partial charge in [-0.1, -0.05) is 29.8 Å². The quantitative estimate of drug-likeness (QED) is 0.656. The topological polar surface area (TPSA) is 137 Å². The van der Waals surface area contributed by atoms with Crippen molar-refractivity contribution in [1.29, 1.82) is 5.26 Å². The highest BCUT2D eigenvalue weighted by atomic mass is 35.5. The van der Waals surface area contributed by atoms with Gasteiger partial charge in [0, 0.05) is 31.2 Å². The Balaban J connectivity index is 1.65. The van der Waals surface area contributed by atoms with E-state index in [0.29, 0.717) is 16.1 Å². The first-order chi connectivity index (χ1) is 15.2. The second-order valence-corrected chi connectivity index (χ2v) is 9.55. The average molecular weight is 476 g/mol. The van der Waals surface area contributed by atoms with Crippen molar-refractivity contribution in [1.82, 2.24) is 14.5 Å². The Kier molecular flexibility index (Phi) is 7.35. The summed E-state index contributed by atoms with van der Waals surface area (Å²) >= 11 is 6.21. The summed E-state index contributed by atoms with van der Waals surface area (Å²) in [6.07, 6.45) is -0.0605. The summed E-state index contributed by atoms with van der Waals surface area (Å²) < 4.78 is 27.0. The number of sulfonamides is 1. The molecule has 0 aliphatic carbocycles. The van der Waals surface area contributed by atoms with Crippen LogP contribution in [0, 0.1) is 11.3 Å². The summed E-state index contributed by atoms with van der Waals surface area (Å²) in [5.74, 6) is -0.251. The van der Waals surface area contributed by atoms with Crippen LogP contribution in [-0.4, -0.2) is 55.7 Å². The molecule has 0 saturated carbocycles. The van der Waals surface area contributed by atoms with Gasteiger partial charge >= 0.3 is 6.03 Å². The third kappa shape index (κ3) is 5.37. The molecule has 3 N–H and O–H groups in total. The molecular weight excluding hydrogens is 454 g/mol. The molecule has 2 aromatic carbocycles. The number of rotatable bonds is 6. The molecule has 0 radical (unpaired) electrons. The molecule has 3 amide bonds. The van der Waals surface area contributed by atoms with E-state index in [1.165, 1.54) is 28.6 Å². The average Bonchev–Trinajstić information content (AvgIpc) is 2.78. The normalized spacial score (nSPS) is 15.6. The van der Waals surface area contributed by atoms with Crippen molar-refractivity contribution in [2.75, 3.05) is 26.2 Å². The molecule has 2 aromatic rings. The molecule has 1 heterocycles. The summed E-state index contributed by atoms with van der Waals surface area (Å²) in [4.78, 5) is 25.9. The minimum absolute atomic E-state index is 0.0605. The molecule has 1 aliphatic heterocycles. The summed E-state index contributed by atoms with van der Waals surface area (Å²) in [5.41, 5.74) is 6.21. The molecule has 3 rings (SSSR count). The summed E-state index contributed by atoms with van der Waals surface area (Å²) in [7, 11) is -3.73. The zero-order chi connectivity index (χ0) is 23.3. The van der Waals surface area contributed by atoms with Crippen LogP contribution in [0.4, 0.5) is 4.79 Å². The van der Waals surface area contributed by atoms with Crippen LogP contribution in [0.1, 0.15) is 23.6 Å². The van der Waals surface area contributed by atoms with Gasteiger partial charge in [-0.25, -0.2) is 13.2 Å². The molecular formula is C21H22ClN5O4S. The fraction of sp³-hybridized carbons (Fsp3) is 0.286. The van der Waals surface area contributed by atoms with Crippen LogP contribution < -0.4 is 11.1 Å². The van der Waals surface area contributed by atoms with Crippen molar-refractivity contribution in [3.05, 3.63) is 64.7 Å². The van der Waals surface area contributed by atoms with Crippen molar-refractivity contribution in [2.24, 2.45) is 5.73 Å². The summed E-state index contributed by atoms with van der Waals surface area (Å²) in [5, 5.41) is 11.8. The van der Waals surface area contributed by atoms with Crippen molar-refractivity contribution in [2.45, 2.75) is 17.4 Å². The molecule has 32 heavy (non-hydrogen) atoms. The van der Waals surface area contributed by atoms with Gasteiger partial charge in [-0.15, -0.1) is 0 Å². The number of amides is 3. The highest BCUT2D eigenvalue weighted by Gasteiger charge is 2.31. The number of nitrogens with one attached hydrogen (secondary N) is 1. The van der Waals surface area contributed by atoms with Crippen LogP contribution in [-0.2, 0) is 14.8 Å². The molecule has 0 aromatic heterocycles. The van der Waals surface area contributed by atoms with E-state index in [-0.39, 0.29) is 43.4 Å². The van der Waals surface area contributed by atoms with E-state index in [2.05, 4.69) is 5.32 Å². The Labute approximate surface area is 191 Å². The zero-order valence-corrected chi connectivity index (χ0v) is 18.6. The second kappa shape index (κ2) is 9.99. The molecule has 1 saturated heterocycles. The molecule has 0 bridgehead atoms. The molecule has 1 atom stereocenters. The van der Waals surface area contributed by atoms with Gasteiger partial charge in [0.1, 0.15) is 0 Å². The Morgan fingerprint density at radius 3 is 2.28 bits per heavy atom. The summed E-state index contributed by atoms with van der Waals surface area (Å²) in [6, 6.07) is 13.0. The van der Waals surface area contributed by atoms with Gasteiger partial charge < -0.3 is 16.0 Å². The number of primary amides is 1. The van der Waals surface area contributed by atoms with E-state index >= 15 is 0 Å². The van der Waals surface area contributed by atoms with Crippen LogP contribution in [0.25, 0.3) is 0 Å². The van der Waals surface area contributed by atoms with Crippen LogP contribution in [0.2, 0.25) is 5.02 Å². The van der Waals surface area contributed by atoms with Crippen molar-refractivity contribution in [3.63, 3.8) is 0 Å². The lowest BCUT2D eigenvalue weighted by Crippen LogP contribution is -2.51. The Morgan fingerprint density at radius 1 is 1.09 bits per heavy atom. The predicted octanol–water partition coefficient (Wildman–Crippen LogP) is 1.84. The van der Waals surface area contributed by atoms with Crippen molar-refractivity contribution in [3.8, 4) is 6.07 Å². The Hall–Kier alpha value is -3.13. The van der Waals surface area contributed by atoms with Gasteiger partial charge in [0.2, 0.25) is 15.9 Å². The SMILES string of the molecule is N#Cc1ccc(S(=O)(=O)N2CCN(C(=O)C[C@H](NC(N)=O)c3ccccc3Cl)CC2)cc1. The van der Waals surface area contributed by atoms with Gasteiger partial charge in [0.25, 0.3) is 0 Å². The molecule has 1 aliphatic rings. The van der Waals surface area contributed by atoms with E-state index in [9.17, 15) is 18.0 Å². The maximum Gasteiger partial charge on any atom is 0.312 e. The number of benzene rings is 2. The summed E-state index contributed by atoms with van der Waals surface area (Å²) in [6.45, 7) is 0.683. The molecule has 11 heteroatoms. The minimum atomic E-state index is -3.73. The monoisotopic (exact) mass is 475 g/mol. The van der Waals surface area contributed by atoms with E-state index in [0.717, 1.165) is 0 Å². The van der Waals surface area contributed by atoms with E-state index in [1.807, 2.05) is 6.07 Å². The van der Waals surface area contributed by atoms with Crippen LogP contribution in [0.5, 0.6) is 0 Å². The number of piperazine rings is 1. The van der Waals surface area contributed by atoms with Crippen LogP contribution in [0.15, 0.2) is 53.4 Å². The number of hydrogen-bond donors (Lipinski definition) is 2. The highest BCUT2D eigenvalue weighted by Crippen LogP contribution is 2.26. The number of carbonyl (C=O) groups excluding carboxylic acids is 2. The zero-order valence-electron chi connectivity index (χ0n) is 17.1. The highest BCUT2D eigenvalue weighted by molar-refractivity contribution is 7.89. The lowest BCUT2D eigenvalue weighted by molar-refractivity contribution is -0.132. The number of hydrogen-bond acceptors (Lipinski definition) is 5. The number of nitriles is 1. The van der Waals surface area contributed by atoms with Gasteiger partial charge in [-0.2, -0.15) is 9.57 Å². The fourth-order valence-electron chi connectivity index (χ4n) is 3.50. The minimum Gasteiger partial charge on any atom is -0.352 e. The number of halogens is 1. The number of carbonyl (C=O) groups is 2. The van der Waals surface area contributed by atoms with E-state index in [1.54, 1.807) is 29.2 Å². The Bertz CT molecular complexity index is 1140. The Morgan fingerprint density at radius 2 is 1.72 bits per heavy atom. The van der Waals surface area contributed by atoms with E-state index < -0.39 is 22.1 Å². The molecule has 1 fully saturated rings. The van der Waals surface area contributed by atoms with E-state index in [4.69, 9.17) is 22.6 Å². The van der Waals surface area contributed by atoms with Gasteiger partial charge in [-0.05, 0) is 35.9 Å². The third-order valence-corrected chi connectivity index (χ3v) is 7.45. The molecule has 0 spiro atoms. The van der Waals surface area contributed by atoms with Crippen molar-refractivity contribution >= 4 is 33.6 Å². The van der Waals surface area contributed by atoms with Gasteiger partial charge in [0.15, 0.2) is 0 Å². The second-order valence-electron chi connectivity index (χ2n) is 7.21. The number of nitrogens with two attached hydrogens (primary N) is 1. The third-order valence-electron chi connectivity index (χ3n) is 5.19. The first kappa shape index (κ1) is 23.5. The molecule has 168 valence electrons. The lowest BCUT2D eigenvalue weighted by atomic mass is 10.0. The smallest absolute Gasteiger partial charge is 0.312 e. The molecule has 9 nitrogen and oxygen atoms in total. The van der Waals surface area contributed by atoms with Crippen molar-refractivity contribution < 1.29 is 18.0 Å². The van der Waals surface area contributed by atoms with Gasteiger partial charge in [-0.3, -0.25) is 4.79 Å². The first-order valence-electron chi connectivity index (χ1n) is 9.81. The fourth-order valence-corrected chi connectivity index (χ4v) is 5.19.